The molecule has 1 saturated heterocycles. The van der Waals surface area contributed by atoms with Gasteiger partial charge in [-0.1, -0.05) is 12.5 Å². The maximum atomic E-state index is 6.12. The van der Waals surface area contributed by atoms with Crippen molar-refractivity contribution in [3.8, 4) is 11.5 Å². The molecule has 0 radical (unpaired) electrons. The van der Waals surface area contributed by atoms with Crippen LogP contribution in [0.2, 0.25) is 0 Å². The summed E-state index contributed by atoms with van der Waals surface area (Å²) in [5.74, 6) is 1.69. The van der Waals surface area contributed by atoms with E-state index in [1.54, 1.807) is 7.11 Å². The number of likely N-dealkylation sites (tertiary alicyclic amines) is 1. The fourth-order valence-electron chi connectivity index (χ4n) is 3.48. The van der Waals surface area contributed by atoms with Crippen molar-refractivity contribution in [1.29, 1.82) is 0 Å². The molecule has 1 unspecified atom stereocenters. The van der Waals surface area contributed by atoms with Crippen LogP contribution in [0.4, 0.5) is 0 Å². The monoisotopic (exact) mass is 290 g/mol. The van der Waals surface area contributed by atoms with Gasteiger partial charge in [0, 0.05) is 25.0 Å². The molecule has 4 heteroatoms. The maximum Gasteiger partial charge on any atom is 0.161 e. The molecule has 1 heterocycles. The average Bonchev–Trinajstić information content (AvgIpc) is 2.85. The zero-order chi connectivity index (χ0) is 14.9. The molecule has 1 aromatic carbocycles. The summed E-state index contributed by atoms with van der Waals surface area (Å²) < 4.78 is 11.7. The molecule has 1 atom stereocenters. The molecule has 116 valence electrons. The topological polar surface area (TPSA) is 47.7 Å². The molecule has 3 rings (SSSR count). The van der Waals surface area contributed by atoms with Gasteiger partial charge in [-0.25, -0.2) is 0 Å². The molecule has 1 saturated carbocycles. The van der Waals surface area contributed by atoms with E-state index in [9.17, 15) is 0 Å². The Morgan fingerprint density at radius 2 is 2.14 bits per heavy atom. The van der Waals surface area contributed by atoms with Crippen molar-refractivity contribution < 1.29 is 9.47 Å². The first-order valence-electron chi connectivity index (χ1n) is 7.91. The zero-order valence-corrected chi connectivity index (χ0v) is 13.1. The highest BCUT2D eigenvalue weighted by Gasteiger charge is 2.37. The Bertz CT molecular complexity index is 494. The minimum atomic E-state index is 0.166. The standard InChI is InChI=1S/C17H26N2O2/c1-19-9-6-14(11-19)21-15-5-4-13(10-16(15)20-2)17(12-18)7-3-8-17/h4-5,10,14H,3,6-9,11-12,18H2,1-2H3. The fourth-order valence-corrected chi connectivity index (χ4v) is 3.48. The van der Waals surface area contributed by atoms with E-state index in [0.29, 0.717) is 6.54 Å². The summed E-state index contributed by atoms with van der Waals surface area (Å²) in [7, 11) is 3.84. The van der Waals surface area contributed by atoms with Crippen LogP contribution in [0.25, 0.3) is 0 Å². The Hall–Kier alpha value is -1.26. The Labute approximate surface area is 127 Å². The summed E-state index contributed by atoms with van der Waals surface area (Å²) in [5, 5.41) is 0. The molecule has 4 nitrogen and oxygen atoms in total. The molecule has 0 amide bonds. The first-order valence-corrected chi connectivity index (χ1v) is 7.91. The largest absolute Gasteiger partial charge is 0.493 e. The fraction of sp³-hybridized carbons (Fsp3) is 0.647. The number of ether oxygens (including phenoxy) is 2. The van der Waals surface area contributed by atoms with Crippen molar-refractivity contribution in [1.82, 2.24) is 4.90 Å². The summed E-state index contributed by atoms with van der Waals surface area (Å²) in [4.78, 5) is 2.29. The molecule has 1 aliphatic heterocycles. The number of likely N-dealkylation sites (N-methyl/N-ethyl adjacent to an activating group) is 1. The maximum absolute atomic E-state index is 6.12. The number of hydrogen-bond acceptors (Lipinski definition) is 4. The quantitative estimate of drug-likeness (QED) is 0.903. The third-order valence-corrected chi connectivity index (χ3v) is 5.12. The van der Waals surface area contributed by atoms with Crippen molar-refractivity contribution in [3.63, 3.8) is 0 Å². The second-order valence-corrected chi connectivity index (χ2v) is 6.49. The van der Waals surface area contributed by atoms with Gasteiger partial charge in [0.15, 0.2) is 11.5 Å². The Morgan fingerprint density at radius 1 is 1.33 bits per heavy atom. The van der Waals surface area contributed by atoms with Crippen LogP contribution in [-0.2, 0) is 5.41 Å². The average molecular weight is 290 g/mol. The van der Waals surface area contributed by atoms with Crippen LogP contribution in [0.3, 0.4) is 0 Å². The lowest BCUT2D eigenvalue weighted by Gasteiger charge is -2.41. The van der Waals surface area contributed by atoms with Gasteiger partial charge in [-0.3, -0.25) is 0 Å². The lowest BCUT2D eigenvalue weighted by Crippen LogP contribution is -2.41. The van der Waals surface area contributed by atoms with E-state index in [1.165, 1.54) is 24.8 Å². The van der Waals surface area contributed by atoms with Crippen LogP contribution in [-0.4, -0.2) is 44.8 Å². The number of nitrogens with two attached hydrogens (primary N) is 1. The van der Waals surface area contributed by atoms with Crippen molar-refractivity contribution in [2.75, 3.05) is 33.8 Å². The molecule has 0 bridgehead atoms. The van der Waals surface area contributed by atoms with Gasteiger partial charge in [-0.15, -0.1) is 0 Å². The summed E-state index contributed by atoms with van der Waals surface area (Å²) in [6.07, 6.45) is 4.97. The van der Waals surface area contributed by atoms with Gasteiger partial charge in [-0.05, 0) is 44.0 Å². The van der Waals surface area contributed by atoms with Crippen LogP contribution in [0.15, 0.2) is 18.2 Å². The number of rotatable bonds is 5. The predicted molar refractivity (Wildman–Crippen MR) is 84.1 cm³/mol. The first kappa shape index (κ1) is 14.7. The Balaban J connectivity index is 1.79. The van der Waals surface area contributed by atoms with Gasteiger partial charge in [-0.2, -0.15) is 0 Å². The smallest absolute Gasteiger partial charge is 0.161 e. The third kappa shape index (κ3) is 2.74. The first-order chi connectivity index (χ1) is 10.2. The number of hydrogen-bond donors (Lipinski definition) is 1. The van der Waals surface area contributed by atoms with Crippen molar-refractivity contribution in [2.45, 2.75) is 37.2 Å². The predicted octanol–water partition coefficient (Wildman–Crippen LogP) is 2.16. The van der Waals surface area contributed by atoms with E-state index in [0.717, 1.165) is 31.0 Å². The van der Waals surface area contributed by atoms with E-state index in [1.807, 2.05) is 0 Å². The zero-order valence-electron chi connectivity index (χ0n) is 13.1. The molecule has 1 aliphatic carbocycles. The van der Waals surface area contributed by atoms with Crippen LogP contribution in [0, 0.1) is 0 Å². The molecule has 2 aliphatic rings. The molecule has 1 aromatic rings. The summed E-state index contributed by atoms with van der Waals surface area (Å²) in [5.41, 5.74) is 7.46. The molecule has 0 spiro atoms. The molecule has 2 N–H and O–H groups in total. The molecular formula is C17H26N2O2. The second kappa shape index (κ2) is 5.85. The summed E-state index contributed by atoms with van der Waals surface area (Å²) >= 11 is 0. The highest BCUT2D eigenvalue weighted by atomic mass is 16.5. The summed E-state index contributed by atoms with van der Waals surface area (Å²) in [6.45, 7) is 2.79. The van der Waals surface area contributed by atoms with Gasteiger partial charge >= 0.3 is 0 Å². The van der Waals surface area contributed by atoms with Crippen LogP contribution in [0.5, 0.6) is 11.5 Å². The lowest BCUT2D eigenvalue weighted by molar-refractivity contribution is 0.198. The normalized spacial score (nSPS) is 24.6. The Kier molecular flexibility index (Phi) is 4.09. The van der Waals surface area contributed by atoms with E-state index in [-0.39, 0.29) is 11.5 Å². The van der Waals surface area contributed by atoms with Crippen molar-refractivity contribution in [2.24, 2.45) is 5.73 Å². The number of benzene rings is 1. The minimum Gasteiger partial charge on any atom is -0.493 e. The molecule has 21 heavy (non-hydrogen) atoms. The molecule has 2 fully saturated rings. The van der Waals surface area contributed by atoms with E-state index in [4.69, 9.17) is 15.2 Å². The highest BCUT2D eigenvalue weighted by Crippen LogP contribution is 2.45. The molecular weight excluding hydrogens is 264 g/mol. The van der Waals surface area contributed by atoms with E-state index < -0.39 is 0 Å². The van der Waals surface area contributed by atoms with Gasteiger partial charge in [0.2, 0.25) is 0 Å². The van der Waals surface area contributed by atoms with Gasteiger partial charge in [0.05, 0.1) is 7.11 Å². The number of nitrogens with zero attached hydrogens (tertiary/aromatic N) is 1. The van der Waals surface area contributed by atoms with Gasteiger partial charge in [0.25, 0.3) is 0 Å². The Morgan fingerprint density at radius 3 is 2.67 bits per heavy atom. The highest BCUT2D eigenvalue weighted by molar-refractivity contribution is 5.46. The third-order valence-electron chi connectivity index (χ3n) is 5.12. The second-order valence-electron chi connectivity index (χ2n) is 6.49. The van der Waals surface area contributed by atoms with E-state index in [2.05, 4.69) is 30.1 Å². The lowest BCUT2D eigenvalue weighted by atomic mass is 9.64. The summed E-state index contributed by atoms with van der Waals surface area (Å²) in [6, 6.07) is 6.35. The number of methoxy groups -OCH3 is 1. The van der Waals surface area contributed by atoms with Gasteiger partial charge in [0.1, 0.15) is 6.10 Å². The van der Waals surface area contributed by atoms with Gasteiger partial charge < -0.3 is 20.1 Å². The van der Waals surface area contributed by atoms with Crippen LogP contribution >= 0.6 is 0 Å². The van der Waals surface area contributed by atoms with Crippen molar-refractivity contribution >= 4 is 0 Å². The molecule has 0 aromatic heterocycles. The van der Waals surface area contributed by atoms with E-state index >= 15 is 0 Å². The van der Waals surface area contributed by atoms with Crippen molar-refractivity contribution in [3.05, 3.63) is 23.8 Å². The van der Waals surface area contributed by atoms with Crippen LogP contribution < -0.4 is 15.2 Å². The van der Waals surface area contributed by atoms with Crippen LogP contribution in [0.1, 0.15) is 31.2 Å². The SMILES string of the molecule is COc1cc(C2(CN)CCC2)ccc1OC1CCN(C)C1. The minimum absolute atomic E-state index is 0.166.